The van der Waals surface area contributed by atoms with E-state index in [1.54, 1.807) is 6.92 Å². The molecule has 0 radical (unpaired) electrons. The van der Waals surface area contributed by atoms with Crippen LogP contribution in [0, 0.1) is 5.92 Å². The van der Waals surface area contributed by atoms with Crippen LogP contribution in [0.5, 0.6) is 0 Å². The number of rotatable bonds is 6. The molecule has 0 spiro atoms. The maximum atomic E-state index is 11.6. The number of amides is 3. The van der Waals surface area contributed by atoms with Crippen molar-refractivity contribution in [2.24, 2.45) is 5.92 Å². The fraction of sp³-hybridized carbons (Fsp3) is 0.769. The highest BCUT2D eigenvalue weighted by atomic mass is 16.4. The number of carboxylic acid groups (broad SMARTS) is 1. The van der Waals surface area contributed by atoms with E-state index >= 15 is 0 Å². The molecule has 0 aromatic heterocycles. The number of nitrogens with one attached hydrogen (secondary N) is 3. The van der Waals surface area contributed by atoms with Crippen molar-refractivity contribution in [2.45, 2.75) is 52.6 Å². The van der Waals surface area contributed by atoms with E-state index in [1.807, 2.05) is 27.7 Å². The minimum Gasteiger partial charge on any atom is -0.480 e. The third-order valence-corrected chi connectivity index (χ3v) is 2.69. The van der Waals surface area contributed by atoms with E-state index in [1.165, 1.54) is 0 Å². The summed E-state index contributed by atoms with van der Waals surface area (Å²) in [6.07, 6.45) is 0.627. The van der Waals surface area contributed by atoms with Crippen LogP contribution >= 0.6 is 0 Å². The molecular formula is C13H25N3O4. The average Bonchev–Trinajstić information content (AvgIpc) is 2.30. The van der Waals surface area contributed by atoms with Gasteiger partial charge < -0.3 is 21.1 Å². The summed E-state index contributed by atoms with van der Waals surface area (Å²) >= 11 is 0. The zero-order chi connectivity index (χ0) is 15.9. The van der Waals surface area contributed by atoms with Crippen molar-refractivity contribution < 1.29 is 19.5 Å². The second-order valence-electron chi connectivity index (χ2n) is 5.83. The molecule has 0 bridgehead atoms. The lowest BCUT2D eigenvalue weighted by Crippen LogP contribution is -2.52. The molecule has 0 heterocycles. The number of hydrogen-bond acceptors (Lipinski definition) is 3. The zero-order valence-corrected chi connectivity index (χ0v) is 12.7. The summed E-state index contributed by atoms with van der Waals surface area (Å²) in [5.74, 6) is -1.61. The molecule has 0 aliphatic carbocycles. The van der Waals surface area contributed by atoms with Crippen LogP contribution in [0.2, 0.25) is 0 Å². The van der Waals surface area contributed by atoms with Gasteiger partial charge in [-0.2, -0.15) is 0 Å². The van der Waals surface area contributed by atoms with Crippen LogP contribution in [-0.2, 0) is 9.59 Å². The van der Waals surface area contributed by atoms with E-state index in [0.717, 1.165) is 0 Å². The van der Waals surface area contributed by atoms with Crippen molar-refractivity contribution in [3.05, 3.63) is 0 Å². The van der Waals surface area contributed by atoms with Crippen molar-refractivity contribution in [3.63, 3.8) is 0 Å². The van der Waals surface area contributed by atoms with Crippen LogP contribution in [0.25, 0.3) is 0 Å². The van der Waals surface area contributed by atoms with Crippen LogP contribution in [0.3, 0.4) is 0 Å². The highest BCUT2D eigenvalue weighted by molar-refractivity contribution is 5.86. The third kappa shape index (κ3) is 7.60. The molecule has 0 aromatic carbocycles. The van der Waals surface area contributed by atoms with Crippen LogP contribution in [0.15, 0.2) is 0 Å². The van der Waals surface area contributed by atoms with Crippen LogP contribution in [0.4, 0.5) is 4.79 Å². The molecule has 7 heteroatoms. The van der Waals surface area contributed by atoms with Crippen molar-refractivity contribution >= 4 is 17.9 Å². The van der Waals surface area contributed by atoms with Crippen LogP contribution in [-0.4, -0.2) is 41.1 Å². The minimum atomic E-state index is -1.09. The molecule has 116 valence electrons. The summed E-state index contributed by atoms with van der Waals surface area (Å²) in [4.78, 5) is 34.1. The summed E-state index contributed by atoms with van der Waals surface area (Å²) in [5, 5.41) is 16.4. The highest BCUT2D eigenvalue weighted by Gasteiger charge is 2.25. The SMILES string of the molecule is CC[C@H](C)[C@H](NC(=O)NCC(=O)NC(C)(C)C)C(=O)O. The first-order valence-electron chi connectivity index (χ1n) is 6.65. The second kappa shape index (κ2) is 7.72. The van der Waals surface area contributed by atoms with Gasteiger partial charge in [0.05, 0.1) is 6.54 Å². The summed E-state index contributed by atoms with van der Waals surface area (Å²) in [6.45, 7) is 8.87. The Bertz CT molecular complexity index is 363. The lowest BCUT2D eigenvalue weighted by atomic mass is 9.99. The normalized spacial score (nSPS) is 14.1. The Morgan fingerprint density at radius 1 is 1.20 bits per heavy atom. The number of carbonyl (C=O) groups excluding carboxylic acids is 2. The van der Waals surface area contributed by atoms with Gasteiger partial charge >= 0.3 is 12.0 Å². The van der Waals surface area contributed by atoms with Gasteiger partial charge in [0.1, 0.15) is 6.04 Å². The molecule has 2 atom stereocenters. The summed E-state index contributed by atoms with van der Waals surface area (Å²) in [7, 11) is 0. The summed E-state index contributed by atoms with van der Waals surface area (Å²) in [5.41, 5.74) is -0.379. The van der Waals surface area contributed by atoms with Crippen LogP contribution < -0.4 is 16.0 Å². The van der Waals surface area contributed by atoms with E-state index < -0.39 is 18.0 Å². The predicted octanol–water partition coefficient (Wildman–Crippen LogP) is 0.700. The predicted molar refractivity (Wildman–Crippen MR) is 75.3 cm³/mol. The number of carbonyl (C=O) groups is 3. The minimum absolute atomic E-state index is 0.193. The quantitative estimate of drug-likeness (QED) is 0.576. The molecule has 0 saturated carbocycles. The number of carboxylic acids is 1. The molecule has 0 aromatic rings. The van der Waals surface area contributed by atoms with E-state index in [2.05, 4.69) is 16.0 Å². The molecule has 3 amide bonds. The molecular weight excluding hydrogens is 262 g/mol. The Morgan fingerprint density at radius 3 is 2.15 bits per heavy atom. The van der Waals surface area contributed by atoms with Gasteiger partial charge in [-0.25, -0.2) is 9.59 Å². The molecule has 20 heavy (non-hydrogen) atoms. The van der Waals surface area contributed by atoms with E-state index in [0.29, 0.717) is 6.42 Å². The van der Waals surface area contributed by atoms with Gasteiger partial charge in [0.25, 0.3) is 0 Å². The van der Waals surface area contributed by atoms with Gasteiger partial charge in [0, 0.05) is 5.54 Å². The molecule has 0 unspecified atom stereocenters. The monoisotopic (exact) mass is 287 g/mol. The number of urea groups is 1. The van der Waals surface area contributed by atoms with Gasteiger partial charge in [-0.1, -0.05) is 20.3 Å². The first-order valence-corrected chi connectivity index (χ1v) is 6.65. The summed E-state index contributed by atoms with van der Waals surface area (Å²) < 4.78 is 0. The largest absolute Gasteiger partial charge is 0.480 e. The van der Waals surface area contributed by atoms with Gasteiger partial charge in [-0.3, -0.25) is 4.79 Å². The van der Waals surface area contributed by atoms with Crippen molar-refractivity contribution in [3.8, 4) is 0 Å². The van der Waals surface area contributed by atoms with Crippen molar-refractivity contribution in [1.82, 2.24) is 16.0 Å². The molecule has 0 aliphatic rings. The summed E-state index contributed by atoms with van der Waals surface area (Å²) in [6, 6.07) is -1.63. The Hall–Kier alpha value is -1.79. The van der Waals surface area contributed by atoms with Gasteiger partial charge in [0.15, 0.2) is 0 Å². The molecule has 0 rings (SSSR count). The smallest absolute Gasteiger partial charge is 0.326 e. The van der Waals surface area contributed by atoms with Gasteiger partial charge in [-0.15, -0.1) is 0 Å². The van der Waals surface area contributed by atoms with E-state index in [4.69, 9.17) is 5.11 Å². The maximum Gasteiger partial charge on any atom is 0.326 e. The average molecular weight is 287 g/mol. The van der Waals surface area contributed by atoms with Crippen molar-refractivity contribution in [2.75, 3.05) is 6.54 Å². The fourth-order valence-electron chi connectivity index (χ4n) is 1.50. The topological polar surface area (TPSA) is 108 Å². The Kier molecular flexibility index (Phi) is 7.02. The second-order valence-corrected chi connectivity index (χ2v) is 5.83. The number of hydrogen-bond donors (Lipinski definition) is 4. The highest BCUT2D eigenvalue weighted by Crippen LogP contribution is 2.07. The zero-order valence-electron chi connectivity index (χ0n) is 12.7. The number of aliphatic carboxylic acids is 1. The van der Waals surface area contributed by atoms with E-state index in [-0.39, 0.29) is 23.9 Å². The Balaban J connectivity index is 4.28. The Morgan fingerprint density at radius 2 is 1.75 bits per heavy atom. The lowest BCUT2D eigenvalue weighted by molar-refractivity contribution is -0.140. The van der Waals surface area contributed by atoms with E-state index in [9.17, 15) is 14.4 Å². The lowest BCUT2D eigenvalue weighted by Gasteiger charge is -2.22. The Labute approximate surface area is 119 Å². The fourth-order valence-corrected chi connectivity index (χ4v) is 1.50. The molecule has 0 saturated heterocycles. The maximum absolute atomic E-state index is 11.6. The van der Waals surface area contributed by atoms with Crippen LogP contribution in [0.1, 0.15) is 41.0 Å². The molecule has 7 nitrogen and oxygen atoms in total. The molecule has 0 fully saturated rings. The molecule has 4 N–H and O–H groups in total. The first-order chi connectivity index (χ1) is 9.06. The first kappa shape index (κ1) is 18.2. The molecule has 0 aliphatic heterocycles. The van der Waals surface area contributed by atoms with Gasteiger partial charge in [-0.05, 0) is 26.7 Å². The van der Waals surface area contributed by atoms with Crippen molar-refractivity contribution in [1.29, 1.82) is 0 Å². The standard InChI is InChI=1S/C13H25N3O4/c1-6-8(2)10(11(18)19)15-12(20)14-7-9(17)16-13(3,4)5/h8,10H,6-7H2,1-5H3,(H,16,17)(H,18,19)(H2,14,15,20)/t8-,10-/m0/s1. The third-order valence-electron chi connectivity index (χ3n) is 2.69. The van der Waals surface area contributed by atoms with Gasteiger partial charge in [0.2, 0.25) is 5.91 Å².